The Kier molecular flexibility index (Phi) is 5.54. The van der Waals surface area contributed by atoms with Gasteiger partial charge in [0.1, 0.15) is 0 Å². The molecule has 2 saturated heterocycles. The lowest BCUT2D eigenvalue weighted by molar-refractivity contribution is -0.149. The maximum atomic E-state index is 13.0. The summed E-state index contributed by atoms with van der Waals surface area (Å²) < 4.78 is 5.42. The Balaban J connectivity index is 1.56. The van der Waals surface area contributed by atoms with Crippen molar-refractivity contribution in [2.45, 2.75) is 26.3 Å². The molecule has 1 aromatic carbocycles. The summed E-state index contributed by atoms with van der Waals surface area (Å²) in [6.45, 7) is 8.30. The topological polar surface area (TPSA) is 58.8 Å². The highest BCUT2D eigenvalue weighted by molar-refractivity contribution is 5.83. The molecule has 0 spiro atoms. The van der Waals surface area contributed by atoms with Crippen molar-refractivity contribution in [3.8, 4) is 0 Å². The number of hydrogen-bond acceptors (Lipinski definition) is 4. The van der Waals surface area contributed by atoms with Crippen LogP contribution in [0.15, 0.2) is 24.3 Å². The van der Waals surface area contributed by atoms with E-state index in [1.54, 1.807) is 0 Å². The molecule has 2 fully saturated rings. The first kappa shape index (κ1) is 17.4. The molecule has 24 heavy (non-hydrogen) atoms. The maximum absolute atomic E-state index is 13.0. The predicted octanol–water partition coefficient (Wildman–Crippen LogP) is 1.39. The van der Waals surface area contributed by atoms with E-state index in [0.717, 1.165) is 45.6 Å². The van der Waals surface area contributed by atoms with Gasteiger partial charge in [0, 0.05) is 52.5 Å². The smallest absolute Gasteiger partial charge is 0.230 e. The van der Waals surface area contributed by atoms with Gasteiger partial charge in [0.15, 0.2) is 0 Å². The van der Waals surface area contributed by atoms with E-state index in [2.05, 4.69) is 36.1 Å². The zero-order chi connectivity index (χ0) is 17.0. The van der Waals surface area contributed by atoms with Crippen molar-refractivity contribution < 1.29 is 9.53 Å². The van der Waals surface area contributed by atoms with Gasteiger partial charge in [0.25, 0.3) is 0 Å². The highest BCUT2D eigenvalue weighted by Crippen LogP contribution is 2.32. The Morgan fingerprint density at radius 3 is 2.46 bits per heavy atom. The van der Waals surface area contributed by atoms with Gasteiger partial charge < -0.3 is 15.4 Å². The van der Waals surface area contributed by atoms with Crippen molar-refractivity contribution >= 4 is 5.91 Å². The van der Waals surface area contributed by atoms with Crippen LogP contribution in [0, 0.1) is 12.3 Å². The molecule has 3 rings (SSSR count). The number of carbonyl (C=O) groups excluding carboxylic acids is 1. The summed E-state index contributed by atoms with van der Waals surface area (Å²) in [5, 5.41) is 0. The minimum absolute atomic E-state index is 0.240. The van der Waals surface area contributed by atoms with Crippen LogP contribution in [-0.4, -0.2) is 61.6 Å². The van der Waals surface area contributed by atoms with Gasteiger partial charge in [0.05, 0.1) is 5.41 Å². The number of ether oxygens (including phenoxy) is 1. The number of nitrogens with two attached hydrogens (primary N) is 1. The van der Waals surface area contributed by atoms with Crippen molar-refractivity contribution in [3.63, 3.8) is 0 Å². The van der Waals surface area contributed by atoms with E-state index in [9.17, 15) is 4.79 Å². The summed E-state index contributed by atoms with van der Waals surface area (Å²) >= 11 is 0. The third-order valence-electron chi connectivity index (χ3n) is 5.61. The van der Waals surface area contributed by atoms with Crippen LogP contribution in [0.2, 0.25) is 0 Å². The number of piperazine rings is 1. The van der Waals surface area contributed by atoms with E-state index in [4.69, 9.17) is 10.5 Å². The van der Waals surface area contributed by atoms with Crippen LogP contribution in [0.4, 0.5) is 0 Å². The first-order chi connectivity index (χ1) is 11.6. The number of nitrogens with zero attached hydrogens (tertiary/aromatic N) is 2. The Morgan fingerprint density at radius 2 is 1.83 bits per heavy atom. The van der Waals surface area contributed by atoms with Gasteiger partial charge in [-0.25, -0.2) is 0 Å². The molecule has 1 amide bonds. The zero-order valence-electron chi connectivity index (χ0n) is 14.7. The molecule has 2 aliphatic heterocycles. The van der Waals surface area contributed by atoms with Crippen molar-refractivity contribution in [3.05, 3.63) is 35.4 Å². The Morgan fingerprint density at radius 1 is 1.17 bits per heavy atom. The molecule has 0 saturated carbocycles. The second-order valence-corrected chi connectivity index (χ2v) is 7.09. The molecule has 1 aromatic rings. The fourth-order valence-electron chi connectivity index (χ4n) is 3.74. The highest BCUT2D eigenvalue weighted by Gasteiger charge is 2.42. The largest absolute Gasteiger partial charge is 0.381 e. The lowest BCUT2D eigenvalue weighted by Crippen LogP contribution is -2.56. The van der Waals surface area contributed by atoms with E-state index in [1.807, 2.05) is 4.90 Å². The summed E-state index contributed by atoms with van der Waals surface area (Å²) in [7, 11) is 0. The van der Waals surface area contributed by atoms with Crippen molar-refractivity contribution in [1.29, 1.82) is 0 Å². The second kappa shape index (κ2) is 7.64. The van der Waals surface area contributed by atoms with E-state index >= 15 is 0 Å². The predicted molar refractivity (Wildman–Crippen MR) is 94.6 cm³/mol. The maximum Gasteiger partial charge on any atom is 0.230 e. The number of aryl methyl sites for hydroxylation is 1. The molecule has 0 unspecified atom stereocenters. The Bertz CT molecular complexity index is 561. The normalized spacial score (nSPS) is 21.7. The van der Waals surface area contributed by atoms with Crippen LogP contribution < -0.4 is 5.73 Å². The van der Waals surface area contributed by atoms with Crippen LogP contribution in [0.5, 0.6) is 0 Å². The van der Waals surface area contributed by atoms with Crippen LogP contribution in [0.25, 0.3) is 0 Å². The van der Waals surface area contributed by atoms with Gasteiger partial charge in [-0.2, -0.15) is 0 Å². The minimum atomic E-state index is -0.392. The highest BCUT2D eigenvalue weighted by atomic mass is 16.5. The molecule has 0 atom stereocenters. The molecule has 0 bridgehead atoms. The van der Waals surface area contributed by atoms with Crippen LogP contribution in [0.1, 0.15) is 24.0 Å². The molecule has 132 valence electrons. The third kappa shape index (κ3) is 3.63. The van der Waals surface area contributed by atoms with E-state index in [-0.39, 0.29) is 5.91 Å². The quantitative estimate of drug-likeness (QED) is 0.906. The summed E-state index contributed by atoms with van der Waals surface area (Å²) in [6.07, 6.45) is 1.51. The van der Waals surface area contributed by atoms with Gasteiger partial charge in [-0.05, 0) is 30.9 Å². The average molecular weight is 331 g/mol. The fourth-order valence-corrected chi connectivity index (χ4v) is 3.74. The Labute approximate surface area is 144 Å². The molecule has 5 heteroatoms. The third-order valence-corrected chi connectivity index (χ3v) is 5.61. The molecular weight excluding hydrogens is 302 g/mol. The van der Waals surface area contributed by atoms with Gasteiger partial charge in [-0.3, -0.25) is 9.69 Å². The van der Waals surface area contributed by atoms with E-state index in [1.165, 1.54) is 11.1 Å². The van der Waals surface area contributed by atoms with Crippen molar-refractivity contribution in [1.82, 2.24) is 9.80 Å². The molecule has 0 aromatic heterocycles. The molecule has 2 heterocycles. The molecule has 2 aliphatic rings. The number of hydrogen-bond donors (Lipinski definition) is 1. The van der Waals surface area contributed by atoms with Gasteiger partial charge in [-0.1, -0.05) is 24.3 Å². The molecule has 2 N–H and O–H groups in total. The summed E-state index contributed by atoms with van der Waals surface area (Å²) in [5.41, 5.74) is 8.29. The molecular formula is C19H29N3O2. The lowest BCUT2D eigenvalue weighted by Gasteiger charge is -2.42. The molecule has 0 aliphatic carbocycles. The number of rotatable bonds is 4. The minimum Gasteiger partial charge on any atom is -0.381 e. The fraction of sp³-hybridized carbons (Fsp3) is 0.632. The standard InChI is InChI=1S/C19H29N3O2/c1-16-4-2-3-5-17(16)14-21-8-10-22(11-9-21)18(23)19(15-20)6-12-24-13-7-19/h2-5H,6-15,20H2,1H3. The van der Waals surface area contributed by atoms with Crippen LogP contribution >= 0.6 is 0 Å². The van der Waals surface area contributed by atoms with Crippen molar-refractivity contribution in [2.24, 2.45) is 11.1 Å². The second-order valence-electron chi connectivity index (χ2n) is 7.09. The van der Waals surface area contributed by atoms with E-state index in [0.29, 0.717) is 19.8 Å². The van der Waals surface area contributed by atoms with Gasteiger partial charge >= 0.3 is 0 Å². The first-order valence-electron chi connectivity index (χ1n) is 8.99. The average Bonchev–Trinajstić information content (AvgIpc) is 2.64. The molecule has 0 radical (unpaired) electrons. The zero-order valence-corrected chi connectivity index (χ0v) is 14.7. The lowest BCUT2D eigenvalue weighted by atomic mass is 9.78. The van der Waals surface area contributed by atoms with Crippen molar-refractivity contribution in [2.75, 3.05) is 45.9 Å². The first-order valence-corrected chi connectivity index (χ1v) is 8.99. The van der Waals surface area contributed by atoms with Crippen LogP contribution in [0.3, 0.4) is 0 Å². The number of carbonyl (C=O) groups is 1. The SMILES string of the molecule is Cc1ccccc1CN1CCN(C(=O)C2(CN)CCOCC2)CC1. The van der Waals surface area contributed by atoms with Gasteiger partial charge in [-0.15, -0.1) is 0 Å². The number of benzene rings is 1. The summed E-state index contributed by atoms with van der Waals surface area (Å²) in [5.74, 6) is 0.240. The summed E-state index contributed by atoms with van der Waals surface area (Å²) in [6, 6.07) is 8.53. The number of amides is 1. The Hall–Kier alpha value is -1.43. The van der Waals surface area contributed by atoms with E-state index < -0.39 is 5.41 Å². The monoisotopic (exact) mass is 331 g/mol. The van der Waals surface area contributed by atoms with Gasteiger partial charge in [0.2, 0.25) is 5.91 Å². The van der Waals surface area contributed by atoms with Crippen LogP contribution in [-0.2, 0) is 16.1 Å². The molecule has 5 nitrogen and oxygen atoms in total. The summed E-state index contributed by atoms with van der Waals surface area (Å²) in [4.78, 5) is 17.5.